The lowest BCUT2D eigenvalue weighted by molar-refractivity contribution is 1.17. The van der Waals surface area contributed by atoms with Gasteiger partial charge in [-0.1, -0.05) is 33.6 Å². The topological polar surface area (TPSA) is 0 Å². The second-order valence-corrected chi connectivity index (χ2v) is 6.56. The Morgan fingerprint density at radius 1 is 1.12 bits per heavy atom. The fourth-order valence-electron chi connectivity index (χ4n) is 1.78. The molecular formula is C14H14BrClS. The van der Waals surface area contributed by atoms with Crippen molar-refractivity contribution < 1.29 is 0 Å². The van der Waals surface area contributed by atoms with Crippen LogP contribution in [0.25, 0.3) is 0 Å². The molecule has 0 aliphatic rings. The fourth-order valence-corrected chi connectivity index (χ4v) is 4.22. The van der Waals surface area contributed by atoms with Gasteiger partial charge in [0.1, 0.15) is 0 Å². The predicted molar refractivity (Wildman–Crippen MR) is 80.8 cm³/mol. The normalized spacial score (nSPS) is 12.8. The van der Waals surface area contributed by atoms with Crippen LogP contribution in [0.2, 0.25) is 5.02 Å². The highest BCUT2D eigenvalue weighted by atomic mass is 79.9. The predicted octanol–water partition coefficient (Wildman–Crippen LogP) is 5.81. The molecule has 1 aromatic heterocycles. The van der Waals surface area contributed by atoms with Crippen LogP contribution in [-0.2, 0) is 0 Å². The molecule has 2 rings (SSSR count). The summed E-state index contributed by atoms with van der Waals surface area (Å²) in [5.74, 6) is 0. The number of aryl methyl sites for hydroxylation is 3. The summed E-state index contributed by atoms with van der Waals surface area (Å²) in [6.45, 7) is 6.34. The summed E-state index contributed by atoms with van der Waals surface area (Å²) < 4.78 is 0. The van der Waals surface area contributed by atoms with Crippen LogP contribution in [0.5, 0.6) is 0 Å². The quantitative estimate of drug-likeness (QED) is 0.610. The summed E-state index contributed by atoms with van der Waals surface area (Å²) in [5.41, 5.74) is 4.98. The Balaban J connectivity index is 2.48. The first-order valence-corrected chi connectivity index (χ1v) is 7.62. The molecule has 1 unspecified atom stereocenters. The maximum absolute atomic E-state index is 6.34. The molecule has 0 spiro atoms. The number of halogens is 2. The van der Waals surface area contributed by atoms with Gasteiger partial charge in [-0.2, -0.15) is 0 Å². The van der Waals surface area contributed by atoms with Crippen LogP contribution >= 0.6 is 38.9 Å². The molecule has 1 aromatic carbocycles. The first-order chi connectivity index (χ1) is 8.00. The number of hydrogen-bond acceptors (Lipinski definition) is 1. The third-order valence-corrected chi connectivity index (χ3v) is 5.68. The van der Waals surface area contributed by atoms with Crippen LogP contribution in [0.3, 0.4) is 0 Å². The molecule has 0 radical (unpaired) electrons. The monoisotopic (exact) mass is 328 g/mol. The first kappa shape index (κ1) is 13.1. The van der Waals surface area contributed by atoms with Gasteiger partial charge in [0.2, 0.25) is 0 Å². The second-order valence-electron chi connectivity index (χ2n) is 4.29. The van der Waals surface area contributed by atoms with Gasteiger partial charge in [-0.3, -0.25) is 0 Å². The van der Waals surface area contributed by atoms with E-state index in [0.717, 1.165) is 10.6 Å². The Morgan fingerprint density at radius 3 is 2.35 bits per heavy atom. The van der Waals surface area contributed by atoms with E-state index in [1.165, 1.54) is 21.6 Å². The van der Waals surface area contributed by atoms with Crippen molar-refractivity contribution in [2.24, 2.45) is 0 Å². The minimum absolute atomic E-state index is 0.189. The van der Waals surface area contributed by atoms with Gasteiger partial charge in [-0.05, 0) is 60.5 Å². The van der Waals surface area contributed by atoms with Gasteiger partial charge in [0, 0.05) is 9.90 Å². The summed E-state index contributed by atoms with van der Waals surface area (Å²) in [4.78, 5) is 1.52. The van der Waals surface area contributed by atoms with Gasteiger partial charge < -0.3 is 0 Å². The molecule has 0 saturated carbocycles. The van der Waals surface area contributed by atoms with Crippen LogP contribution in [0.4, 0.5) is 0 Å². The minimum atomic E-state index is 0.189. The van der Waals surface area contributed by atoms with Crippen molar-refractivity contribution in [2.75, 3.05) is 0 Å². The Hall–Kier alpha value is -0.310. The lowest BCUT2D eigenvalue weighted by Crippen LogP contribution is -1.95. The molecule has 0 saturated heterocycles. The first-order valence-electron chi connectivity index (χ1n) is 5.45. The van der Waals surface area contributed by atoms with Crippen LogP contribution in [0.1, 0.15) is 32.0 Å². The standard InChI is InChI=1S/C14H14BrClS/c1-8-4-5-17-14(8)13(15)11-6-9(2)10(3)7-12(11)16/h4-7,13H,1-3H3. The molecule has 1 heterocycles. The van der Waals surface area contributed by atoms with E-state index in [2.05, 4.69) is 54.2 Å². The average Bonchev–Trinajstić information content (AvgIpc) is 2.69. The lowest BCUT2D eigenvalue weighted by Gasteiger charge is -2.14. The van der Waals surface area contributed by atoms with Crippen molar-refractivity contribution in [3.8, 4) is 0 Å². The van der Waals surface area contributed by atoms with Gasteiger partial charge in [-0.15, -0.1) is 11.3 Å². The van der Waals surface area contributed by atoms with E-state index in [1.54, 1.807) is 11.3 Å². The summed E-state index contributed by atoms with van der Waals surface area (Å²) in [7, 11) is 0. The number of thiophene rings is 1. The molecule has 90 valence electrons. The van der Waals surface area contributed by atoms with E-state index in [-0.39, 0.29) is 4.83 Å². The molecule has 0 nitrogen and oxygen atoms in total. The van der Waals surface area contributed by atoms with E-state index in [9.17, 15) is 0 Å². The third-order valence-electron chi connectivity index (χ3n) is 3.02. The van der Waals surface area contributed by atoms with Crippen molar-refractivity contribution in [3.05, 3.63) is 55.7 Å². The highest BCUT2D eigenvalue weighted by Crippen LogP contribution is 2.40. The van der Waals surface area contributed by atoms with Crippen LogP contribution in [0.15, 0.2) is 23.6 Å². The summed E-state index contributed by atoms with van der Waals surface area (Å²) in [6.07, 6.45) is 0. The molecule has 0 aliphatic heterocycles. The van der Waals surface area contributed by atoms with E-state index in [0.29, 0.717) is 0 Å². The van der Waals surface area contributed by atoms with Gasteiger partial charge in [0.05, 0.1) is 4.83 Å². The molecule has 3 heteroatoms. The van der Waals surface area contributed by atoms with Crippen LogP contribution < -0.4 is 0 Å². The molecular weight excluding hydrogens is 316 g/mol. The molecule has 0 bridgehead atoms. The zero-order valence-electron chi connectivity index (χ0n) is 10.1. The number of rotatable bonds is 2. The summed E-state index contributed by atoms with van der Waals surface area (Å²) >= 11 is 11.9. The zero-order valence-corrected chi connectivity index (χ0v) is 13.2. The highest BCUT2D eigenvalue weighted by Gasteiger charge is 2.17. The van der Waals surface area contributed by atoms with E-state index < -0.39 is 0 Å². The van der Waals surface area contributed by atoms with Gasteiger partial charge in [0.25, 0.3) is 0 Å². The van der Waals surface area contributed by atoms with Crippen molar-refractivity contribution in [1.29, 1.82) is 0 Å². The maximum atomic E-state index is 6.34. The molecule has 1 atom stereocenters. The van der Waals surface area contributed by atoms with Crippen LogP contribution in [-0.4, -0.2) is 0 Å². The third kappa shape index (κ3) is 2.59. The van der Waals surface area contributed by atoms with Crippen molar-refractivity contribution in [2.45, 2.75) is 25.6 Å². The average molecular weight is 330 g/mol. The molecule has 0 fully saturated rings. The lowest BCUT2D eigenvalue weighted by atomic mass is 10.0. The Kier molecular flexibility index (Phi) is 3.96. The molecule has 0 amide bonds. The zero-order chi connectivity index (χ0) is 12.6. The Morgan fingerprint density at radius 2 is 1.76 bits per heavy atom. The van der Waals surface area contributed by atoms with E-state index >= 15 is 0 Å². The second kappa shape index (κ2) is 5.13. The Bertz CT molecular complexity index is 545. The SMILES string of the molecule is Cc1cc(Cl)c(C(Br)c2sccc2C)cc1C. The van der Waals surface area contributed by atoms with Crippen molar-refractivity contribution >= 4 is 38.9 Å². The summed E-state index contributed by atoms with van der Waals surface area (Å²) in [6, 6.07) is 6.36. The summed E-state index contributed by atoms with van der Waals surface area (Å²) in [5, 5.41) is 2.95. The van der Waals surface area contributed by atoms with Crippen molar-refractivity contribution in [1.82, 2.24) is 0 Å². The fraction of sp³-hybridized carbons (Fsp3) is 0.286. The largest absolute Gasteiger partial charge is 0.147 e. The van der Waals surface area contributed by atoms with Gasteiger partial charge >= 0.3 is 0 Å². The highest BCUT2D eigenvalue weighted by molar-refractivity contribution is 9.09. The smallest absolute Gasteiger partial charge is 0.0755 e. The Labute approximate surface area is 120 Å². The molecule has 2 aromatic rings. The van der Waals surface area contributed by atoms with Crippen LogP contribution in [0, 0.1) is 20.8 Å². The maximum Gasteiger partial charge on any atom is 0.0755 e. The molecule has 0 aliphatic carbocycles. The molecule has 0 N–H and O–H groups in total. The number of alkyl halides is 1. The van der Waals surface area contributed by atoms with Gasteiger partial charge in [-0.25, -0.2) is 0 Å². The van der Waals surface area contributed by atoms with E-state index in [4.69, 9.17) is 11.6 Å². The van der Waals surface area contributed by atoms with E-state index in [1.807, 2.05) is 6.07 Å². The molecule has 17 heavy (non-hydrogen) atoms. The van der Waals surface area contributed by atoms with Crippen molar-refractivity contribution in [3.63, 3.8) is 0 Å². The number of hydrogen-bond donors (Lipinski definition) is 0. The minimum Gasteiger partial charge on any atom is -0.147 e. The number of benzene rings is 1. The van der Waals surface area contributed by atoms with Gasteiger partial charge in [0.15, 0.2) is 0 Å².